The fourth-order valence-corrected chi connectivity index (χ4v) is 5.59. The van der Waals surface area contributed by atoms with Crippen LogP contribution in [-0.4, -0.2) is 39.1 Å². The Morgan fingerprint density at radius 2 is 1.69 bits per heavy atom. The van der Waals surface area contributed by atoms with Crippen LogP contribution in [0.5, 0.6) is 0 Å². The third-order valence-electron chi connectivity index (χ3n) is 6.80. The van der Waals surface area contributed by atoms with Gasteiger partial charge in [-0.25, -0.2) is 22.9 Å². The van der Waals surface area contributed by atoms with Crippen LogP contribution < -0.4 is 10.4 Å². The zero-order valence-electron chi connectivity index (χ0n) is 20.2. The van der Waals surface area contributed by atoms with Gasteiger partial charge in [0.25, 0.3) is 0 Å². The number of rotatable bonds is 4. The Hall–Kier alpha value is -4.15. The first kappa shape index (κ1) is 22.3. The fraction of sp³-hybridized carbons (Fsp3) is 0.154. The highest BCUT2D eigenvalue weighted by atomic mass is 32.2. The third kappa shape index (κ3) is 3.15. The number of fused-ring (bicyclic) bond motifs is 3. The number of nitrogens with one attached hydrogen (secondary N) is 2. The summed E-state index contributed by atoms with van der Waals surface area (Å²) in [6.45, 7) is 2.04. The van der Waals surface area contributed by atoms with Crippen molar-refractivity contribution in [1.82, 2.24) is 28.4 Å². The molecule has 2 N–H and O–H groups in total. The van der Waals surface area contributed by atoms with Crippen LogP contribution in [0.25, 0.3) is 50.0 Å². The van der Waals surface area contributed by atoms with Crippen molar-refractivity contribution in [2.24, 2.45) is 14.1 Å². The molecular formula is C26H24N6O3S. The van der Waals surface area contributed by atoms with Crippen molar-refractivity contribution < 1.29 is 8.42 Å². The lowest BCUT2D eigenvalue weighted by Crippen LogP contribution is -2.19. The van der Waals surface area contributed by atoms with E-state index in [4.69, 9.17) is 4.98 Å². The largest absolute Gasteiger partial charge is 0.360 e. The summed E-state index contributed by atoms with van der Waals surface area (Å²) in [5.41, 5.74) is 6.53. The van der Waals surface area contributed by atoms with Crippen LogP contribution >= 0.6 is 0 Å². The van der Waals surface area contributed by atoms with Crippen molar-refractivity contribution in [1.29, 1.82) is 0 Å². The summed E-state index contributed by atoms with van der Waals surface area (Å²) in [5, 5.41) is 1.01. The van der Waals surface area contributed by atoms with E-state index in [1.54, 1.807) is 41.4 Å². The van der Waals surface area contributed by atoms with E-state index in [0.29, 0.717) is 16.9 Å². The molecule has 6 aromatic rings. The summed E-state index contributed by atoms with van der Waals surface area (Å²) < 4.78 is 32.7. The van der Waals surface area contributed by atoms with Crippen LogP contribution in [-0.2, 0) is 24.1 Å². The average molecular weight is 501 g/mol. The molecule has 36 heavy (non-hydrogen) atoms. The lowest BCUT2D eigenvalue weighted by atomic mass is 10.1. The van der Waals surface area contributed by atoms with Crippen molar-refractivity contribution in [3.05, 3.63) is 76.8 Å². The summed E-state index contributed by atoms with van der Waals surface area (Å²) in [5.74, 6) is 0.666. The van der Waals surface area contributed by atoms with E-state index in [-0.39, 0.29) is 10.6 Å². The minimum atomic E-state index is -3.66. The minimum Gasteiger partial charge on any atom is -0.360 e. The van der Waals surface area contributed by atoms with E-state index in [2.05, 4.69) is 27.9 Å². The van der Waals surface area contributed by atoms with Gasteiger partial charge in [-0.1, -0.05) is 12.1 Å². The summed E-state index contributed by atoms with van der Waals surface area (Å²) in [4.78, 5) is 21.0. The normalized spacial score (nSPS) is 12.3. The monoisotopic (exact) mass is 500 g/mol. The van der Waals surface area contributed by atoms with Crippen LogP contribution in [0.2, 0.25) is 0 Å². The van der Waals surface area contributed by atoms with Crippen molar-refractivity contribution in [3.8, 4) is 17.1 Å². The molecule has 6 rings (SSSR count). The summed E-state index contributed by atoms with van der Waals surface area (Å²) in [6.07, 6.45) is 1.92. The van der Waals surface area contributed by atoms with Gasteiger partial charge in [0.1, 0.15) is 5.82 Å². The number of imidazole rings is 2. The van der Waals surface area contributed by atoms with E-state index < -0.39 is 10.0 Å². The van der Waals surface area contributed by atoms with E-state index in [1.807, 2.05) is 35.9 Å². The molecule has 0 unspecified atom stereocenters. The molecule has 0 spiro atoms. The van der Waals surface area contributed by atoms with Gasteiger partial charge in [-0.3, -0.25) is 13.7 Å². The highest BCUT2D eigenvalue weighted by Gasteiger charge is 2.21. The summed E-state index contributed by atoms with van der Waals surface area (Å²) >= 11 is 0. The fourth-order valence-electron chi connectivity index (χ4n) is 4.84. The number of H-pyrrole nitrogens is 1. The van der Waals surface area contributed by atoms with E-state index >= 15 is 0 Å². The molecule has 3 aromatic heterocycles. The van der Waals surface area contributed by atoms with Gasteiger partial charge in [-0.15, -0.1) is 0 Å². The highest BCUT2D eigenvalue weighted by molar-refractivity contribution is 7.89. The minimum absolute atomic E-state index is 0.118. The van der Waals surface area contributed by atoms with Gasteiger partial charge in [0.05, 0.1) is 27.0 Å². The number of aromatic amines is 1. The number of hydrogen-bond acceptors (Lipinski definition) is 4. The topological polar surface area (TPSA) is 107 Å². The molecule has 0 aliphatic rings. The molecular weight excluding hydrogens is 476 g/mol. The Balaban J connectivity index is 1.72. The molecule has 0 bridgehead atoms. The second-order valence-corrected chi connectivity index (χ2v) is 10.8. The molecule has 0 amide bonds. The van der Waals surface area contributed by atoms with Gasteiger partial charge < -0.3 is 4.98 Å². The van der Waals surface area contributed by atoms with Crippen LogP contribution in [0.3, 0.4) is 0 Å². The van der Waals surface area contributed by atoms with Crippen molar-refractivity contribution in [2.75, 3.05) is 7.05 Å². The smallest absolute Gasteiger partial charge is 0.328 e. The Labute approximate surface area is 206 Å². The summed E-state index contributed by atoms with van der Waals surface area (Å²) in [6, 6.07) is 16.8. The van der Waals surface area contributed by atoms with Crippen LogP contribution in [0, 0.1) is 6.92 Å². The molecule has 0 saturated carbocycles. The Morgan fingerprint density at radius 3 is 2.47 bits per heavy atom. The second kappa shape index (κ2) is 7.67. The van der Waals surface area contributed by atoms with Crippen molar-refractivity contribution in [2.45, 2.75) is 11.8 Å². The molecule has 3 heterocycles. The van der Waals surface area contributed by atoms with Gasteiger partial charge >= 0.3 is 5.69 Å². The number of aromatic nitrogens is 5. The van der Waals surface area contributed by atoms with E-state index in [1.165, 1.54) is 7.05 Å². The number of sulfonamides is 1. The summed E-state index contributed by atoms with van der Waals surface area (Å²) in [7, 11) is 1.20. The zero-order valence-corrected chi connectivity index (χ0v) is 21.0. The van der Waals surface area contributed by atoms with Gasteiger partial charge in [0.2, 0.25) is 10.0 Å². The number of nitrogens with zero attached hydrogens (tertiary/aromatic N) is 4. The van der Waals surface area contributed by atoms with Gasteiger partial charge in [-0.2, -0.15) is 0 Å². The predicted molar refractivity (Wildman–Crippen MR) is 141 cm³/mol. The molecule has 0 aliphatic carbocycles. The second-order valence-electron chi connectivity index (χ2n) is 8.95. The third-order valence-corrected chi connectivity index (χ3v) is 8.21. The molecule has 0 saturated heterocycles. The van der Waals surface area contributed by atoms with Crippen LogP contribution in [0.4, 0.5) is 0 Å². The number of benzene rings is 3. The molecule has 0 fully saturated rings. The van der Waals surface area contributed by atoms with Gasteiger partial charge in [-0.05, 0) is 62.0 Å². The Kier molecular flexibility index (Phi) is 4.76. The molecule has 0 atom stereocenters. The molecule has 0 aliphatic heterocycles. The Morgan fingerprint density at radius 1 is 0.917 bits per heavy atom. The van der Waals surface area contributed by atoms with E-state index in [9.17, 15) is 13.2 Å². The van der Waals surface area contributed by atoms with E-state index in [0.717, 1.165) is 38.8 Å². The SMILES string of the molecule is CNS(=O)(=O)c1ccc2nc(-c3c[nH]c4cc(C)ccc34)n(-c3ccc4c(c3)n(C)c(=O)n4C)c2c1. The van der Waals surface area contributed by atoms with Gasteiger partial charge in [0, 0.05) is 42.4 Å². The van der Waals surface area contributed by atoms with Crippen LogP contribution in [0.15, 0.2) is 70.5 Å². The highest BCUT2D eigenvalue weighted by Crippen LogP contribution is 2.35. The Bertz CT molecular complexity index is 2010. The van der Waals surface area contributed by atoms with Crippen LogP contribution in [0.1, 0.15) is 5.56 Å². The van der Waals surface area contributed by atoms with Crippen molar-refractivity contribution in [3.63, 3.8) is 0 Å². The maximum absolute atomic E-state index is 12.6. The standard InChI is InChI=1S/C26H24N6O3S/c1-15-5-8-18-19(14-28-21(18)11-15)25-29-20-9-7-17(36(34,35)27-2)13-23(20)32(25)16-6-10-22-24(12-16)31(4)26(33)30(22)3/h5-14,27-28H,1-4H3. The molecule has 9 nitrogen and oxygen atoms in total. The number of hydrogen-bond donors (Lipinski definition) is 2. The average Bonchev–Trinajstić information content (AvgIpc) is 3.52. The van der Waals surface area contributed by atoms with Crippen molar-refractivity contribution >= 4 is 43.0 Å². The quantitative estimate of drug-likeness (QED) is 0.386. The first-order valence-electron chi connectivity index (χ1n) is 11.4. The maximum Gasteiger partial charge on any atom is 0.328 e. The first-order chi connectivity index (χ1) is 17.2. The van der Waals surface area contributed by atoms with Gasteiger partial charge in [0.15, 0.2) is 0 Å². The molecule has 3 aromatic carbocycles. The predicted octanol–water partition coefficient (Wildman–Crippen LogP) is 3.58. The molecule has 182 valence electrons. The first-order valence-corrected chi connectivity index (χ1v) is 12.9. The number of aryl methyl sites for hydroxylation is 3. The molecule has 10 heteroatoms. The lowest BCUT2D eigenvalue weighted by molar-refractivity contribution is 0.588. The zero-order chi connectivity index (χ0) is 25.4. The lowest BCUT2D eigenvalue weighted by Gasteiger charge is -2.11. The maximum atomic E-state index is 12.6. The molecule has 0 radical (unpaired) electrons.